The summed E-state index contributed by atoms with van der Waals surface area (Å²) in [5, 5.41) is 0.689. The predicted molar refractivity (Wildman–Crippen MR) is 105 cm³/mol. The number of carbonyl (C=O) groups is 1. The Bertz CT molecular complexity index is 932. The van der Waals surface area contributed by atoms with Crippen LogP contribution < -0.4 is 0 Å². The molecule has 4 nitrogen and oxygen atoms in total. The summed E-state index contributed by atoms with van der Waals surface area (Å²) >= 11 is 6.03. The van der Waals surface area contributed by atoms with Crippen molar-refractivity contribution in [2.24, 2.45) is 0 Å². The molecule has 0 N–H and O–H groups in total. The van der Waals surface area contributed by atoms with Crippen molar-refractivity contribution in [3.05, 3.63) is 53.6 Å². The minimum atomic E-state index is 0.163. The van der Waals surface area contributed by atoms with Crippen molar-refractivity contribution >= 4 is 28.5 Å². The van der Waals surface area contributed by atoms with Crippen LogP contribution in [0.4, 0.5) is 0 Å². The van der Waals surface area contributed by atoms with E-state index >= 15 is 0 Å². The Balaban J connectivity index is 1.74. The first-order valence-electron chi connectivity index (χ1n) is 9.14. The molecule has 1 aromatic heterocycles. The molecule has 1 saturated heterocycles. The van der Waals surface area contributed by atoms with Gasteiger partial charge in [0.15, 0.2) is 0 Å². The highest BCUT2D eigenvalue weighted by Crippen LogP contribution is 2.27. The Morgan fingerprint density at radius 2 is 1.92 bits per heavy atom. The summed E-state index contributed by atoms with van der Waals surface area (Å²) in [4.78, 5) is 19.8. The Kier molecular flexibility index (Phi) is 4.68. The van der Waals surface area contributed by atoms with Gasteiger partial charge in [0.1, 0.15) is 12.4 Å². The summed E-state index contributed by atoms with van der Waals surface area (Å²) in [6.07, 6.45) is 3.38. The SMILES string of the molecule is CC1CCCCN1C(=O)Cn1c(-c2ccc(Cl)cc2)nc2ccccc21. The van der Waals surface area contributed by atoms with Crippen LogP contribution in [0.15, 0.2) is 48.5 Å². The number of fused-ring (bicyclic) bond motifs is 1. The molecule has 0 bridgehead atoms. The zero-order chi connectivity index (χ0) is 18.1. The van der Waals surface area contributed by atoms with Crippen LogP contribution in [-0.2, 0) is 11.3 Å². The number of imidazole rings is 1. The molecule has 0 spiro atoms. The number of benzene rings is 2. The van der Waals surface area contributed by atoms with E-state index in [2.05, 4.69) is 6.92 Å². The fourth-order valence-electron chi connectivity index (χ4n) is 3.75. The molecule has 0 aliphatic carbocycles. The van der Waals surface area contributed by atoms with Crippen molar-refractivity contribution in [1.82, 2.24) is 14.5 Å². The van der Waals surface area contributed by atoms with Gasteiger partial charge in [-0.1, -0.05) is 23.7 Å². The monoisotopic (exact) mass is 367 g/mol. The van der Waals surface area contributed by atoms with Gasteiger partial charge in [-0.15, -0.1) is 0 Å². The number of hydrogen-bond acceptors (Lipinski definition) is 2. The van der Waals surface area contributed by atoms with Crippen LogP contribution in [0.25, 0.3) is 22.4 Å². The summed E-state index contributed by atoms with van der Waals surface area (Å²) in [7, 11) is 0. The van der Waals surface area contributed by atoms with Crippen molar-refractivity contribution in [1.29, 1.82) is 0 Å². The smallest absolute Gasteiger partial charge is 0.242 e. The molecule has 1 aliphatic rings. The Morgan fingerprint density at radius 3 is 2.69 bits per heavy atom. The molecular weight excluding hydrogens is 346 g/mol. The van der Waals surface area contributed by atoms with Gasteiger partial charge in [0.2, 0.25) is 5.91 Å². The summed E-state index contributed by atoms with van der Waals surface area (Å²) in [6, 6.07) is 15.9. The third-order valence-corrected chi connectivity index (χ3v) is 5.43. The van der Waals surface area contributed by atoms with E-state index in [9.17, 15) is 4.79 Å². The zero-order valence-electron chi connectivity index (χ0n) is 14.9. The van der Waals surface area contributed by atoms with E-state index in [1.54, 1.807) is 0 Å². The van der Waals surface area contributed by atoms with Crippen LogP contribution in [0.3, 0.4) is 0 Å². The number of para-hydroxylation sites is 2. The Morgan fingerprint density at radius 1 is 1.15 bits per heavy atom. The van der Waals surface area contributed by atoms with E-state index in [1.165, 1.54) is 6.42 Å². The predicted octanol–water partition coefficient (Wildman–Crippen LogP) is 4.76. The lowest BCUT2D eigenvalue weighted by atomic mass is 10.0. The van der Waals surface area contributed by atoms with Crippen LogP contribution in [0.1, 0.15) is 26.2 Å². The molecule has 1 amide bonds. The fraction of sp³-hybridized carbons (Fsp3) is 0.333. The molecule has 1 aliphatic heterocycles. The van der Waals surface area contributed by atoms with Crippen LogP contribution in [0.2, 0.25) is 5.02 Å². The number of hydrogen-bond donors (Lipinski definition) is 0. The lowest BCUT2D eigenvalue weighted by Crippen LogP contribution is -2.43. The van der Waals surface area contributed by atoms with E-state index in [4.69, 9.17) is 16.6 Å². The van der Waals surface area contributed by atoms with Crippen molar-refractivity contribution in [3.8, 4) is 11.4 Å². The van der Waals surface area contributed by atoms with Gasteiger partial charge in [-0.3, -0.25) is 4.79 Å². The van der Waals surface area contributed by atoms with Crippen molar-refractivity contribution in [3.63, 3.8) is 0 Å². The van der Waals surface area contributed by atoms with Gasteiger partial charge >= 0.3 is 0 Å². The number of carbonyl (C=O) groups excluding carboxylic acids is 1. The fourth-order valence-corrected chi connectivity index (χ4v) is 3.88. The standard InChI is InChI=1S/C21H22ClN3O/c1-15-6-4-5-13-24(15)20(26)14-25-19-8-3-2-7-18(19)23-21(25)16-9-11-17(22)12-10-16/h2-3,7-12,15H,4-6,13-14H2,1H3. The highest BCUT2D eigenvalue weighted by Gasteiger charge is 2.24. The van der Waals surface area contributed by atoms with Gasteiger partial charge in [-0.2, -0.15) is 0 Å². The summed E-state index contributed by atoms with van der Waals surface area (Å²) in [6.45, 7) is 3.30. The molecular formula is C21H22ClN3O. The number of aromatic nitrogens is 2. The number of rotatable bonds is 3. The first-order valence-corrected chi connectivity index (χ1v) is 9.52. The van der Waals surface area contributed by atoms with E-state index < -0.39 is 0 Å². The number of amides is 1. The Hall–Kier alpha value is -2.33. The van der Waals surface area contributed by atoms with Gasteiger partial charge in [0.05, 0.1) is 11.0 Å². The molecule has 26 heavy (non-hydrogen) atoms. The molecule has 4 rings (SSSR count). The number of likely N-dealkylation sites (tertiary alicyclic amines) is 1. The number of nitrogens with zero attached hydrogens (tertiary/aromatic N) is 3. The second-order valence-electron chi connectivity index (χ2n) is 6.95. The minimum absolute atomic E-state index is 0.163. The maximum absolute atomic E-state index is 13.0. The first-order chi connectivity index (χ1) is 12.6. The van der Waals surface area contributed by atoms with Crippen LogP contribution in [0, 0.1) is 0 Å². The summed E-state index contributed by atoms with van der Waals surface area (Å²) in [5.74, 6) is 0.969. The highest BCUT2D eigenvalue weighted by molar-refractivity contribution is 6.30. The van der Waals surface area contributed by atoms with Gasteiger partial charge in [-0.05, 0) is 62.6 Å². The van der Waals surface area contributed by atoms with Crippen LogP contribution >= 0.6 is 11.6 Å². The molecule has 1 atom stereocenters. The minimum Gasteiger partial charge on any atom is -0.338 e. The number of piperidine rings is 1. The van der Waals surface area contributed by atoms with Crippen molar-refractivity contribution < 1.29 is 4.79 Å². The Labute approximate surface area is 158 Å². The highest BCUT2D eigenvalue weighted by atomic mass is 35.5. The lowest BCUT2D eigenvalue weighted by molar-refractivity contribution is -0.134. The second-order valence-corrected chi connectivity index (χ2v) is 7.39. The molecule has 1 unspecified atom stereocenters. The quantitative estimate of drug-likeness (QED) is 0.669. The molecule has 5 heteroatoms. The maximum atomic E-state index is 13.0. The molecule has 3 aromatic rings. The van der Waals surface area contributed by atoms with E-state index in [0.717, 1.165) is 41.8 Å². The molecule has 0 saturated carbocycles. The lowest BCUT2D eigenvalue weighted by Gasteiger charge is -2.33. The maximum Gasteiger partial charge on any atom is 0.242 e. The molecule has 2 aromatic carbocycles. The van der Waals surface area contributed by atoms with Gasteiger partial charge in [0, 0.05) is 23.2 Å². The topological polar surface area (TPSA) is 38.1 Å². The van der Waals surface area contributed by atoms with Gasteiger partial charge in [0.25, 0.3) is 0 Å². The largest absolute Gasteiger partial charge is 0.338 e. The van der Waals surface area contributed by atoms with E-state index in [1.807, 2.05) is 58.0 Å². The van der Waals surface area contributed by atoms with Crippen LogP contribution in [-0.4, -0.2) is 32.9 Å². The summed E-state index contributed by atoms with van der Waals surface area (Å²) < 4.78 is 2.03. The molecule has 134 valence electrons. The third kappa shape index (κ3) is 3.21. The normalized spacial score (nSPS) is 17.6. The van der Waals surface area contributed by atoms with Crippen molar-refractivity contribution in [2.45, 2.75) is 38.8 Å². The average Bonchev–Trinajstić information content (AvgIpc) is 3.01. The molecule has 2 heterocycles. The first kappa shape index (κ1) is 17.1. The zero-order valence-corrected chi connectivity index (χ0v) is 15.6. The average molecular weight is 368 g/mol. The van der Waals surface area contributed by atoms with Gasteiger partial charge in [-0.25, -0.2) is 4.98 Å². The number of halogens is 1. The second kappa shape index (κ2) is 7.12. The summed E-state index contributed by atoms with van der Waals surface area (Å²) in [5.41, 5.74) is 2.84. The molecule has 0 radical (unpaired) electrons. The third-order valence-electron chi connectivity index (χ3n) is 5.17. The van der Waals surface area contributed by atoms with E-state index in [-0.39, 0.29) is 5.91 Å². The molecule has 1 fully saturated rings. The van der Waals surface area contributed by atoms with Crippen molar-refractivity contribution in [2.75, 3.05) is 6.54 Å². The van der Waals surface area contributed by atoms with E-state index in [0.29, 0.717) is 17.6 Å². The van der Waals surface area contributed by atoms with Gasteiger partial charge < -0.3 is 9.47 Å². The van der Waals surface area contributed by atoms with Crippen LogP contribution in [0.5, 0.6) is 0 Å².